The number of methoxy groups -OCH3 is 1. The molecular formula is C20H26N2O3S. The van der Waals surface area contributed by atoms with Crippen LogP contribution in [0.2, 0.25) is 0 Å². The van der Waals surface area contributed by atoms with Gasteiger partial charge in [0.15, 0.2) is 0 Å². The van der Waals surface area contributed by atoms with Crippen molar-refractivity contribution < 1.29 is 13.2 Å². The van der Waals surface area contributed by atoms with E-state index in [1.165, 1.54) is 39.2 Å². The van der Waals surface area contributed by atoms with Crippen molar-refractivity contribution in [2.75, 3.05) is 14.2 Å². The molecule has 26 heavy (non-hydrogen) atoms. The van der Waals surface area contributed by atoms with Gasteiger partial charge in [-0.15, -0.1) is 0 Å². The van der Waals surface area contributed by atoms with Gasteiger partial charge in [-0.05, 0) is 49.2 Å². The minimum Gasteiger partial charge on any atom is -0.494 e. The Kier molecular flexibility index (Phi) is 5.94. The molecule has 1 saturated carbocycles. The molecule has 5 nitrogen and oxygen atoms in total. The van der Waals surface area contributed by atoms with Gasteiger partial charge in [-0.25, -0.2) is 13.1 Å². The van der Waals surface area contributed by atoms with Crippen molar-refractivity contribution in [1.29, 1.82) is 0 Å². The van der Waals surface area contributed by atoms with Gasteiger partial charge in [-0.3, -0.25) is 4.98 Å². The second-order valence-corrected chi connectivity index (χ2v) is 8.68. The summed E-state index contributed by atoms with van der Waals surface area (Å²) in [6.45, 7) is 0. The third kappa shape index (κ3) is 4.07. The Morgan fingerprint density at radius 1 is 1.19 bits per heavy atom. The Bertz CT molecular complexity index is 859. The molecule has 1 fully saturated rings. The van der Waals surface area contributed by atoms with Gasteiger partial charge < -0.3 is 4.74 Å². The highest BCUT2D eigenvalue weighted by molar-refractivity contribution is 7.89. The number of aromatic nitrogens is 1. The SMILES string of the molecule is CNS(=O)(=O)c1ccc(CC2CCCCC2)c(-c2ncccc2OC)c1. The molecule has 3 rings (SSSR count). The number of nitrogens with zero attached hydrogens (tertiary/aromatic N) is 1. The maximum absolute atomic E-state index is 12.3. The number of pyridine rings is 1. The van der Waals surface area contributed by atoms with Crippen LogP contribution < -0.4 is 9.46 Å². The third-order valence-corrected chi connectivity index (χ3v) is 6.55. The lowest BCUT2D eigenvalue weighted by Crippen LogP contribution is -2.19. The molecule has 6 heteroatoms. The van der Waals surface area contributed by atoms with E-state index in [2.05, 4.69) is 9.71 Å². The average Bonchev–Trinajstić information content (AvgIpc) is 2.69. The van der Waals surface area contributed by atoms with Gasteiger partial charge in [0.2, 0.25) is 10.0 Å². The summed E-state index contributed by atoms with van der Waals surface area (Å²) in [6.07, 6.45) is 8.98. The second kappa shape index (κ2) is 8.18. The quantitative estimate of drug-likeness (QED) is 0.835. The molecule has 0 atom stereocenters. The Labute approximate surface area is 155 Å². The van der Waals surface area contributed by atoms with E-state index >= 15 is 0 Å². The summed E-state index contributed by atoms with van der Waals surface area (Å²) in [5.74, 6) is 1.29. The van der Waals surface area contributed by atoms with Crippen LogP contribution in [0.1, 0.15) is 37.7 Å². The van der Waals surface area contributed by atoms with E-state index in [1.807, 2.05) is 18.2 Å². The maximum Gasteiger partial charge on any atom is 0.240 e. The van der Waals surface area contributed by atoms with Crippen LogP contribution in [0.25, 0.3) is 11.3 Å². The standard InChI is InChI=1S/C20H26N2O3S/c1-21-26(23,24)17-11-10-16(13-15-7-4-3-5-8-15)18(14-17)20-19(25-2)9-6-12-22-20/h6,9-12,14-15,21H,3-5,7-8,13H2,1-2H3. The number of sulfonamides is 1. The van der Waals surface area contributed by atoms with E-state index in [4.69, 9.17) is 4.74 Å². The van der Waals surface area contributed by atoms with Crippen molar-refractivity contribution in [2.24, 2.45) is 5.92 Å². The first-order chi connectivity index (χ1) is 12.5. The lowest BCUT2D eigenvalue weighted by molar-refractivity contribution is 0.357. The van der Waals surface area contributed by atoms with Crippen molar-refractivity contribution in [3.05, 3.63) is 42.1 Å². The molecule has 0 bridgehead atoms. The maximum atomic E-state index is 12.3. The molecule has 1 N–H and O–H groups in total. The molecule has 0 spiro atoms. The first-order valence-electron chi connectivity index (χ1n) is 9.11. The third-order valence-electron chi connectivity index (χ3n) is 5.14. The Morgan fingerprint density at radius 2 is 1.96 bits per heavy atom. The van der Waals surface area contributed by atoms with E-state index < -0.39 is 10.0 Å². The first kappa shape index (κ1) is 18.9. The highest BCUT2D eigenvalue weighted by Gasteiger charge is 2.21. The topological polar surface area (TPSA) is 68.3 Å². The fourth-order valence-electron chi connectivity index (χ4n) is 3.70. The van der Waals surface area contributed by atoms with Gasteiger partial charge in [0.05, 0.1) is 12.0 Å². The molecule has 0 amide bonds. The summed E-state index contributed by atoms with van der Waals surface area (Å²) >= 11 is 0. The highest BCUT2D eigenvalue weighted by atomic mass is 32.2. The van der Waals surface area contributed by atoms with Crippen LogP contribution in [-0.4, -0.2) is 27.6 Å². The molecule has 1 aliphatic carbocycles. The second-order valence-electron chi connectivity index (χ2n) is 6.79. The molecule has 1 aromatic carbocycles. The number of benzene rings is 1. The van der Waals surface area contributed by atoms with Crippen LogP contribution in [0, 0.1) is 5.92 Å². The molecule has 0 saturated heterocycles. The van der Waals surface area contributed by atoms with Gasteiger partial charge in [0, 0.05) is 11.8 Å². The molecule has 1 aliphatic rings. The fraction of sp³-hybridized carbons (Fsp3) is 0.450. The molecule has 2 aromatic rings. The largest absolute Gasteiger partial charge is 0.494 e. The zero-order chi connectivity index (χ0) is 18.6. The summed E-state index contributed by atoms with van der Waals surface area (Å²) in [6, 6.07) is 9.00. The highest BCUT2D eigenvalue weighted by Crippen LogP contribution is 2.35. The Morgan fingerprint density at radius 3 is 2.65 bits per heavy atom. The van der Waals surface area contributed by atoms with E-state index in [0.29, 0.717) is 17.4 Å². The molecule has 0 aliphatic heterocycles. The van der Waals surface area contributed by atoms with Gasteiger partial charge in [0.25, 0.3) is 0 Å². The summed E-state index contributed by atoms with van der Waals surface area (Å²) < 4.78 is 32.4. The van der Waals surface area contributed by atoms with Crippen LogP contribution in [0.15, 0.2) is 41.4 Å². The average molecular weight is 375 g/mol. The van der Waals surface area contributed by atoms with Crippen LogP contribution in [-0.2, 0) is 16.4 Å². The number of hydrogen-bond donors (Lipinski definition) is 1. The monoisotopic (exact) mass is 374 g/mol. The molecule has 140 valence electrons. The summed E-state index contributed by atoms with van der Waals surface area (Å²) in [4.78, 5) is 4.73. The summed E-state index contributed by atoms with van der Waals surface area (Å²) in [5, 5.41) is 0. The Hall–Kier alpha value is -1.92. The van der Waals surface area contributed by atoms with Gasteiger partial charge in [0.1, 0.15) is 11.4 Å². The van der Waals surface area contributed by atoms with Crippen molar-refractivity contribution >= 4 is 10.0 Å². The van der Waals surface area contributed by atoms with Crippen molar-refractivity contribution in [2.45, 2.75) is 43.4 Å². The normalized spacial score (nSPS) is 15.8. The van der Waals surface area contributed by atoms with Crippen LogP contribution in [0.3, 0.4) is 0 Å². The predicted molar refractivity (Wildman–Crippen MR) is 103 cm³/mol. The van der Waals surface area contributed by atoms with E-state index in [0.717, 1.165) is 17.5 Å². The lowest BCUT2D eigenvalue weighted by atomic mass is 9.83. The van der Waals surface area contributed by atoms with Crippen LogP contribution in [0.4, 0.5) is 0 Å². The smallest absolute Gasteiger partial charge is 0.240 e. The Balaban J connectivity index is 2.08. The van der Waals surface area contributed by atoms with Gasteiger partial charge in [-0.1, -0.05) is 38.2 Å². The molecular weight excluding hydrogens is 348 g/mol. The molecule has 1 heterocycles. The van der Waals surface area contributed by atoms with Gasteiger partial charge in [-0.2, -0.15) is 0 Å². The summed E-state index contributed by atoms with van der Waals surface area (Å²) in [5.41, 5.74) is 2.65. The van der Waals surface area contributed by atoms with Crippen molar-refractivity contribution in [1.82, 2.24) is 9.71 Å². The van der Waals surface area contributed by atoms with Crippen molar-refractivity contribution in [3.8, 4) is 17.0 Å². The number of hydrogen-bond acceptors (Lipinski definition) is 4. The van der Waals surface area contributed by atoms with E-state index in [-0.39, 0.29) is 4.90 Å². The molecule has 0 unspecified atom stereocenters. The van der Waals surface area contributed by atoms with Crippen LogP contribution in [0.5, 0.6) is 5.75 Å². The number of nitrogens with one attached hydrogen (secondary N) is 1. The van der Waals surface area contributed by atoms with Gasteiger partial charge >= 0.3 is 0 Å². The fourth-order valence-corrected chi connectivity index (χ4v) is 4.45. The zero-order valence-corrected chi connectivity index (χ0v) is 16.2. The first-order valence-corrected chi connectivity index (χ1v) is 10.6. The predicted octanol–water partition coefficient (Wildman–Crippen LogP) is 3.79. The lowest BCUT2D eigenvalue weighted by Gasteiger charge is -2.23. The van der Waals surface area contributed by atoms with E-state index in [1.54, 1.807) is 25.4 Å². The van der Waals surface area contributed by atoms with Crippen LogP contribution >= 0.6 is 0 Å². The minimum atomic E-state index is -3.52. The zero-order valence-electron chi connectivity index (χ0n) is 15.4. The summed E-state index contributed by atoms with van der Waals surface area (Å²) in [7, 11) is -0.487. The minimum absolute atomic E-state index is 0.245. The van der Waals surface area contributed by atoms with E-state index in [9.17, 15) is 8.42 Å². The molecule has 0 radical (unpaired) electrons. The molecule has 1 aromatic heterocycles. The number of rotatable bonds is 6. The van der Waals surface area contributed by atoms with Crippen molar-refractivity contribution in [3.63, 3.8) is 0 Å². The number of ether oxygens (including phenoxy) is 1.